The molecule has 0 saturated heterocycles. The molecule has 0 radical (unpaired) electrons. The fourth-order valence-electron chi connectivity index (χ4n) is 3.57. The van der Waals surface area contributed by atoms with E-state index in [4.69, 9.17) is 0 Å². The molecule has 0 atom stereocenters. The van der Waals surface area contributed by atoms with Crippen LogP contribution in [0.25, 0.3) is 0 Å². The Kier molecular flexibility index (Phi) is 6.53. The van der Waals surface area contributed by atoms with Crippen LogP contribution in [0.15, 0.2) is 54.6 Å². The molecule has 138 valence electrons. The topological polar surface area (TPSA) is 35.6 Å². The number of hydrogen-bond donors (Lipinski definition) is 1. The van der Waals surface area contributed by atoms with Gasteiger partial charge in [0.15, 0.2) is 0 Å². The molecule has 1 heterocycles. The number of carbonyl (C=O) groups excluding carboxylic acids is 1. The number of para-hydroxylation sites is 2. The van der Waals surface area contributed by atoms with Crippen LogP contribution in [0.3, 0.4) is 0 Å². The van der Waals surface area contributed by atoms with E-state index in [-0.39, 0.29) is 6.03 Å². The quantitative estimate of drug-likeness (QED) is 0.780. The van der Waals surface area contributed by atoms with E-state index in [0.29, 0.717) is 6.54 Å². The van der Waals surface area contributed by atoms with Crippen molar-refractivity contribution in [2.24, 2.45) is 0 Å². The summed E-state index contributed by atoms with van der Waals surface area (Å²) in [5.41, 5.74) is 3.59. The molecule has 0 unspecified atom stereocenters. The monoisotopic (exact) mass is 351 g/mol. The Morgan fingerprint density at radius 3 is 2.65 bits per heavy atom. The van der Waals surface area contributed by atoms with Crippen molar-refractivity contribution in [2.45, 2.75) is 32.6 Å². The molecule has 4 heteroatoms. The number of rotatable bonds is 6. The largest absolute Gasteiger partial charge is 0.372 e. The lowest BCUT2D eigenvalue weighted by Gasteiger charge is -2.25. The van der Waals surface area contributed by atoms with Gasteiger partial charge in [-0.15, -0.1) is 0 Å². The first-order chi connectivity index (χ1) is 12.8. The Morgan fingerprint density at radius 2 is 1.85 bits per heavy atom. The summed E-state index contributed by atoms with van der Waals surface area (Å²) in [4.78, 5) is 17.0. The molecule has 0 bridgehead atoms. The molecule has 3 rings (SSSR count). The third-order valence-electron chi connectivity index (χ3n) is 4.99. The molecule has 0 spiro atoms. The Labute approximate surface area is 156 Å². The molecule has 4 nitrogen and oxygen atoms in total. The summed E-state index contributed by atoms with van der Waals surface area (Å²) < 4.78 is 0. The number of urea groups is 1. The lowest BCUT2D eigenvalue weighted by Crippen LogP contribution is -2.41. The van der Waals surface area contributed by atoms with Gasteiger partial charge in [-0.1, -0.05) is 36.4 Å². The Bertz CT molecular complexity index is 702. The molecule has 2 aromatic rings. The number of nitrogens with one attached hydrogen (secondary N) is 1. The predicted molar refractivity (Wildman–Crippen MR) is 109 cm³/mol. The molecular formula is C22H29N3O. The van der Waals surface area contributed by atoms with E-state index >= 15 is 0 Å². The summed E-state index contributed by atoms with van der Waals surface area (Å²) in [7, 11) is 0. The van der Waals surface area contributed by atoms with Crippen LogP contribution in [0.4, 0.5) is 16.2 Å². The maximum absolute atomic E-state index is 12.7. The van der Waals surface area contributed by atoms with Crippen LogP contribution in [0, 0.1) is 0 Å². The first-order valence-corrected chi connectivity index (χ1v) is 9.73. The molecule has 0 saturated carbocycles. The lowest BCUT2D eigenvalue weighted by molar-refractivity contribution is 0.246. The maximum atomic E-state index is 12.7. The van der Waals surface area contributed by atoms with E-state index < -0.39 is 0 Å². The van der Waals surface area contributed by atoms with Crippen molar-refractivity contribution in [1.29, 1.82) is 0 Å². The molecule has 1 aliphatic rings. The van der Waals surface area contributed by atoms with Crippen molar-refractivity contribution in [1.82, 2.24) is 5.32 Å². The van der Waals surface area contributed by atoms with Crippen molar-refractivity contribution >= 4 is 17.4 Å². The minimum absolute atomic E-state index is 0.0297. The molecule has 1 aliphatic heterocycles. The van der Waals surface area contributed by atoms with Gasteiger partial charge in [-0.2, -0.15) is 0 Å². The van der Waals surface area contributed by atoms with E-state index in [9.17, 15) is 4.79 Å². The highest BCUT2D eigenvalue weighted by molar-refractivity contribution is 5.92. The van der Waals surface area contributed by atoms with Gasteiger partial charge in [0.25, 0.3) is 0 Å². The molecule has 0 aromatic heterocycles. The van der Waals surface area contributed by atoms with Crippen LogP contribution >= 0.6 is 0 Å². The van der Waals surface area contributed by atoms with E-state index in [2.05, 4.69) is 59.6 Å². The average molecular weight is 351 g/mol. The second-order valence-corrected chi connectivity index (χ2v) is 6.74. The summed E-state index contributed by atoms with van der Waals surface area (Å²) >= 11 is 0. The van der Waals surface area contributed by atoms with Gasteiger partial charge in [0.05, 0.1) is 0 Å². The highest BCUT2D eigenvalue weighted by Crippen LogP contribution is 2.26. The van der Waals surface area contributed by atoms with Gasteiger partial charge >= 0.3 is 6.03 Å². The number of aryl methyl sites for hydroxylation is 1. The zero-order valence-electron chi connectivity index (χ0n) is 15.7. The van der Waals surface area contributed by atoms with Crippen LogP contribution in [-0.4, -0.2) is 32.2 Å². The van der Waals surface area contributed by atoms with Crippen LogP contribution in [0.5, 0.6) is 0 Å². The molecular weight excluding hydrogens is 322 g/mol. The minimum Gasteiger partial charge on any atom is -0.372 e. The first-order valence-electron chi connectivity index (χ1n) is 9.73. The van der Waals surface area contributed by atoms with Crippen LogP contribution < -0.4 is 15.1 Å². The number of hydrogen-bond acceptors (Lipinski definition) is 2. The zero-order valence-corrected chi connectivity index (χ0v) is 15.7. The van der Waals surface area contributed by atoms with E-state index in [1.165, 1.54) is 11.3 Å². The van der Waals surface area contributed by atoms with E-state index in [1.54, 1.807) is 0 Å². The van der Waals surface area contributed by atoms with Crippen molar-refractivity contribution < 1.29 is 4.79 Å². The number of carbonyl (C=O) groups is 1. The van der Waals surface area contributed by atoms with Gasteiger partial charge in [-0.25, -0.2) is 4.79 Å². The van der Waals surface area contributed by atoms with Crippen molar-refractivity contribution in [3.8, 4) is 0 Å². The summed E-state index contributed by atoms with van der Waals surface area (Å²) in [6.07, 6.45) is 4.19. The van der Waals surface area contributed by atoms with Crippen LogP contribution in [0.1, 0.15) is 31.7 Å². The summed E-state index contributed by atoms with van der Waals surface area (Å²) in [5.74, 6) is 0. The third kappa shape index (κ3) is 4.57. The first kappa shape index (κ1) is 18.3. The van der Waals surface area contributed by atoms with Gasteiger partial charge < -0.3 is 10.2 Å². The summed E-state index contributed by atoms with van der Waals surface area (Å²) in [6, 6.07) is 18.7. The molecule has 2 aromatic carbocycles. The van der Waals surface area contributed by atoms with Gasteiger partial charge in [0, 0.05) is 37.6 Å². The second-order valence-electron chi connectivity index (χ2n) is 6.74. The van der Waals surface area contributed by atoms with Gasteiger partial charge in [-0.3, -0.25) is 4.90 Å². The summed E-state index contributed by atoms with van der Waals surface area (Å²) in [5, 5.41) is 3.11. The zero-order chi connectivity index (χ0) is 18.2. The van der Waals surface area contributed by atoms with Gasteiger partial charge in [0.2, 0.25) is 0 Å². The summed E-state index contributed by atoms with van der Waals surface area (Å²) in [6.45, 7) is 5.57. The Hall–Kier alpha value is -2.49. The molecule has 0 fully saturated rings. The number of nitrogens with zero attached hydrogens (tertiary/aromatic N) is 2. The standard InChI is InChI=1S/C22H29N3O/c1-2-24(20-13-4-3-5-14-20)17-10-16-23-22(26)25-18-9-8-12-19-11-6-7-15-21(19)25/h3-7,11,13-15H,2,8-10,12,16-18H2,1H3,(H,23,26). The van der Waals surface area contributed by atoms with Crippen molar-refractivity contribution in [3.05, 3.63) is 60.2 Å². The fourth-order valence-corrected chi connectivity index (χ4v) is 3.57. The average Bonchev–Trinajstić information content (AvgIpc) is 2.91. The highest BCUT2D eigenvalue weighted by atomic mass is 16.2. The van der Waals surface area contributed by atoms with E-state index in [1.807, 2.05) is 17.0 Å². The van der Waals surface area contributed by atoms with Crippen molar-refractivity contribution in [2.75, 3.05) is 36.0 Å². The second kappa shape index (κ2) is 9.27. The number of fused-ring (bicyclic) bond motifs is 1. The maximum Gasteiger partial charge on any atom is 0.321 e. The fraction of sp³-hybridized carbons (Fsp3) is 0.409. The van der Waals surface area contributed by atoms with E-state index in [0.717, 1.165) is 51.0 Å². The number of benzene rings is 2. The van der Waals surface area contributed by atoms with Crippen molar-refractivity contribution in [3.63, 3.8) is 0 Å². The number of amides is 2. The predicted octanol–water partition coefficient (Wildman–Crippen LogP) is 4.46. The Balaban J connectivity index is 1.51. The SMILES string of the molecule is CCN(CCCNC(=O)N1CCCCc2ccccc21)c1ccccc1. The molecule has 1 N–H and O–H groups in total. The molecule has 26 heavy (non-hydrogen) atoms. The smallest absolute Gasteiger partial charge is 0.321 e. The van der Waals surface area contributed by atoms with Crippen LogP contribution in [0.2, 0.25) is 0 Å². The third-order valence-corrected chi connectivity index (χ3v) is 4.99. The number of anilines is 2. The highest BCUT2D eigenvalue weighted by Gasteiger charge is 2.20. The lowest BCUT2D eigenvalue weighted by atomic mass is 10.1. The Morgan fingerprint density at radius 1 is 1.08 bits per heavy atom. The minimum atomic E-state index is 0.0297. The molecule has 2 amide bonds. The van der Waals surface area contributed by atoms with Gasteiger partial charge in [0.1, 0.15) is 0 Å². The normalized spacial score (nSPS) is 13.7. The van der Waals surface area contributed by atoms with Gasteiger partial charge in [-0.05, 0) is 56.4 Å². The van der Waals surface area contributed by atoms with Crippen LogP contribution in [-0.2, 0) is 6.42 Å². The molecule has 0 aliphatic carbocycles.